The van der Waals surface area contributed by atoms with Crippen LogP contribution in [-0.2, 0) is 14.3 Å². The van der Waals surface area contributed by atoms with Crippen molar-refractivity contribution in [2.75, 3.05) is 7.11 Å². The van der Waals surface area contributed by atoms with Crippen LogP contribution >= 0.6 is 0 Å². The molecule has 2 N–H and O–H groups in total. The van der Waals surface area contributed by atoms with Crippen LogP contribution in [0.4, 0.5) is 0 Å². The Bertz CT molecular complexity index is 148. The molecular formula is C6H11NO4. The predicted molar refractivity (Wildman–Crippen MR) is 37.1 cm³/mol. The highest BCUT2D eigenvalue weighted by atomic mass is 16.5. The molecule has 0 heterocycles. The molecule has 0 aliphatic carbocycles. The zero-order valence-corrected chi connectivity index (χ0v) is 6.40. The number of ether oxygens (including phenoxy) is 1. The summed E-state index contributed by atoms with van der Waals surface area (Å²) in [6.45, 7) is 1.56. The lowest BCUT2D eigenvalue weighted by molar-refractivity contribution is -0.144. The van der Waals surface area contributed by atoms with Crippen LogP contribution in [0.5, 0.6) is 0 Å². The van der Waals surface area contributed by atoms with E-state index in [1.807, 2.05) is 0 Å². The Hall–Kier alpha value is -1.10. The first-order chi connectivity index (χ1) is 5.13. The highest BCUT2D eigenvalue weighted by Gasteiger charge is 2.23. The van der Waals surface area contributed by atoms with Gasteiger partial charge in [-0.25, -0.2) is 4.79 Å². The van der Waals surface area contributed by atoms with Crippen molar-refractivity contribution in [3.8, 4) is 0 Å². The van der Waals surface area contributed by atoms with E-state index in [0.717, 1.165) is 0 Å². The van der Waals surface area contributed by atoms with Gasteiger partial charge in [0.25, 0.3) is 0 Å². The minimum Gasteiger partial charge on any atom is -0.480 e. The van der Waals surface area contributed by atoms with E-state index in [1.165, 1.54) is 7.11 Å². The first-order valence-electron chi connectivity index (χ1n) is 3.08. The van der Waals surface area contributed by atoms with Crippen LogP contribution in [0, 0.1) is 0 Å². The Balaban J connectivity index is 4.08. The van der Waals surface area contributed by atoms with Gasteiger partial charge >= 0.3 is 5.97 Å². The Kier molecular flexibility index (Phi) is 4.21. The predicted octanol–water partition coefficient (Wildman–Crippen LogP) is -0.779. The van der Waals surface area contributed by atoms with Crippen LogP contribution in [0.3, 0.4) is 0 Å². The van der Waals surface area contributed by atoms with E-state index in [-0.39, 0.29) is 0 Å². The third-order valence-electron chi connectivity index (χ3n) is 1.35. The van der Waals surface area contributed by atoms with Crippen molar-refractivity contribution in [3.63, 3.8) is 0 Å². The summed E-state index contributed by atoms with van der Waals surface area (Å²) in [5.41, 5.74) is 0. The molecule has 1 amide bonds. The molecule has 0 aromatic heterocycles. The topological polar surface area (TPSA) is 75.6 Å². The summed E-state index contributed by atoms with van der Waals surface area (Å²) in [6, 6.07) is -0.975. The highest BCUT2D eigenvalue weighted by Crippen LogP contribution is 1.95. The molecule has 0 rings (SSSR count). The van der Waals surface area contributed by atoms with Gasteiger partial charge in [-0.05, 0) is 6.92 Å². The summed E-state index contributed by atoms with van der Waals surface area (Å²) < 4.78 is 4.72. The minimum absolute atomic E-state index is 0.342. The van der Waals surface area contributed by atoms with Gasteiger partial charge in [0.15, 0.2) is 6.04 Å². The Morgan fingerprint density at radius 3 is 2.55 bits per heavy atom. The van der Waals surface area contributed by atoms with E-state index in [2.05, 4.69) is 5.32 Å². The van der Waals surface area contributed by atoms with Crippen molar-refractivity contribution in [1.29, 1.82) is 0 Å². The highest BCUT2D eigenvalue weighted by molar-refractivity contribution is 5.76. The summed E-state index contributed by atoms with van der Waals surface area (Å²) in [5.74, 6) is -1.11. The van der Waals surface area contributed by atoms with Crippen LogP contribution in [0.1, 0.15) is 6.92 Å². The lowest BCUT2D eigenvalue weighted by atomic mass is 10.2. The Labute approximate surface area is 64.3 Å². The number of rotatable bonds is 5. The van der Waals surface area contributed by atoms with Gasteiger partial charge in [0, 0.05) is 7.11 Å². The number of methoxy groups -OCH3 is 1. The molecule has 0 aromatic carbocycles. The summed E-state index contributed by atoms with van der Waals surface area (Å²) >= 11 is 0. The van der Waals surface area contributed by atoms with E-state index in [9.17, 15) is 9.59 Å². The molecule has 0 radical (unpaired) electrons. The van der Waals surface area contributed by atoms with Gasteiger partial charge in [-0.15, -0.1) is 0 Å². The Morgan fingerprint density at radius 2 is 2.27 bits per heavy atom. The van der Waals surface area contributed by atoms with Crippen LogP contribution < -0.4 is 5.32 Å². The average molecular weight is 161 g/mol. The van der Waals surface area contributed by atoms with Gasteiger partial charge in [-0.2, -0.15) is 0 Å². The number of aliphatic carboxylic acids is 1. The standard InChI is InChI=1S/C6H11NO4/c1-4(11-2)5(6(9)10)7-3-8/h3-5H,1-2H3,(H,7,8)(H,9,10)/t4-,5+/m0/s1. The molecule has 0 saturated carbocycles. The number of carboxylic acids is 1. The van der Waals surface area contributed by atoms with Crippen LogP contribution in [0.25, 0.3) is 0 Å². The number of carboxylic acid groups (broad SMARTS) is 1. The normalized spacial score (nSPS) is 15.1. The van der Waals surface area contributed by atoms with Gasteiger partial charge in [0.05, 0.1) is 6.10 Å². The minimum atomic E-state index is -1.11. The maximum Gasteiger partial charge on any atom is 0.328 e. The van der Waals surface area contributed by atoms with E-state index in [1.54, 1.807) is 6.92 Å². The summed E-state index contributed by atoms with van der Waals surface area (Å²) in [7, 11) is 1.38. The van der Waals surface area contributed by atoms with Crippen molar-refractivity contribution in [2.24, 2.45) is 0 Å². The van der Waals surface area contributed by atoms with E-state index < -0.39 is 18.1 Å². The smallest absolute Gasteiger partial charge is 0.328 e. The second-order valence-electron chi connectivity index (χ2n) is 2.04. The number of hydrogen-bond acceptors (Lipinski definition) is 3. The molecule has 0 unspecified atom stereocenters. The average Bonchev–Trinajstić information content (AvgIpc) is 1.98. The van der Waals surface area contributed by atoms with E-state index >= 15 is 0 Å². The fourth-order valence-electron chi connectivity index (χ4n) is 0.617. The number of nitrogens with one attached hydrogen (secondary N) is 1. The molecule has 64 valence electrons. The maximum atomic E-state index is 10.4. The van der Waals surface area contributed by atoms with Crippen molar-refractivity contribution in [1.82, 2.24) is 5.32 Å². The maximum absolute atomic E-state index is 10.4. The molecule has 5 heteroatoms. The van der Waals surface area contributed by atoms with Crippen LogP contribution in [-0.4, -0.2) is 36.7 Å². The quantitative estimate of drug-likeness (QED) is 0.519. The molecule has 0 spiro atoms. The molecule has 5 nitrogen and oxygen atoms in total. The number of amides is 1. The molecule has 0 aromatic rings. The lowest BCUT2D eigenvalue weighted by Crippen LogP contribution is -2.44. The fourth-order valence-corrected chi connectivity index (χ4v) is 0.617. The van der Waals surface area contributed by atoms with Gasteiger partial charge in [0.2, 0.25) is 6.41 Å². The summed E-state index contributed by atoms with van der Waals surface area (Å²) in [6.07, 6.45) is -0.188. The van der Waals surface area contributed by atoms with Crippen molar-refractivity contribution in [2.45, 2.75) is 19.1 Å². The first kappa shape index (κ1) is 9.90. The number of hydrogen-bond donors (Lipinski definition) is 2. The molecule has 2 atom stereocenters. The van der Waals surface area contributed by atoms with Crippen LogP contribution in [0.15, 0.2) is 0 Å². The molecule has 0 bridgehead atoms. The SMILES string of the molecule is CO[C@@H](C)[C@@H](NC=O)C(=O)O. The zero-order chi connectivity index (χ0) is 8.85. The van der Waals surface area contributed by atoms with E-state index in [0.29, 0.717) is 6.41 Å². The fraction of sp³-hybridized carbons (Fsp3) is 0.667. The van der Waals surface area contributed by atoms with Crippen LogP contribution in [0.2, 0.25) is 0 Å². The molecular weight excluding hydrogens is 150 g/mol. The third kappa shape index (κ3) is 2.99. The van der Waals surface area contributed by atoms with Gasteiger partial charge in [-0.1, -0.05) is 0 Å². The second kappa shape index (κ2) is 4.68. The summed E-state index contributed by atoms with van der Waals surface area (Å²) in [4.78, 5) is 20.3. The molecule has 11 heavy (non-hydrogen) atoms. The number of carbonyl (C=O) groups is 2. The number of carbonyl (C=O) groups excluding carboxylic acids is 1. The lowest BCUT2D eigenvalue weighted by Gasteiger charge is -2.17. The zero-order valence-electron chi connectivity index (χ0n) is 6.40. The molecule has 0 aliphatic heterocycles. The van der Waals surface area contributed by atoms with Crippen molar-refractivity contribution < 1.29 is 19.4 Å². The first-order valence-corrected chi connectivity index (χ1v) is 3.08. The van der Waals surface area contributed by atoms with Gasteiger partial charge < -0.3 is 15.2 Å². The van der Waals surface area contributed by atoms with Crippen molar-refractivity contribution in [3.05, 3.63) is 0 Å². The van der Waals surface area contributed by atoms with Gasteiger partial charge in [0.1, 0.15) is 0 Å². The third-order valence-corrected chi connectivity index (χ3v) is 1.35. The van der Waals surface area contributed by atoms with E-state index in [4.69, 9.17) is 9.84 Å². The molecule has 0 aliphatic rings. The molecule has 0 fully saturated rings. The van der Waals surface area contributed by atoms with Gasteiger partial charge in [-0.3, -0.25) is 4.79 Å². The monoisotopic (exact) mass is 161 g/mol. The summed E-state index contributed by atoms with van der Waals surface area (Å²) in [5, 5.41) is 10.6. The largest absolute Gasteiger partial charge is 0.480 e. The Morgan fingerprint density at radius 1 is 1.73 bits per heavy atom. The van der Waals surface area contributed by atoms with Crippen molar-refractivity contribution >= 4 is 12.4 Å². The molecule has 0 saturated heterocycles. The second-order valence-corrected chi connectivity index (χ2v) is 2.04.